The quantitative estimate of drug-likeness (QED) is 0.533. The van der Waals surface area contributed by atoms with E-state index in [4.69, 9.17) is 4.74 Å². The van der Waals surface area contributed by atoms with Gasteiger partial charge in [0.05, 0.1) is 17.1 Å². The van der Waals surface area contributed by atoms with Gasteiger partial charge in [0.2, 0.25) is 0 Å². The SMILES string of the molecule is C[C@@H]1CN([C@@H](C)CNC(=O)c2ccc(Nc3ccccc3)c([N+](=O)[O-])c2)C[C@H](C)O1. The minimum atomic E-state index is -0.485. The first-order chi connectivity index (χ1) is 14.3. The molecule has 1 fully saturated rings. The molecule has 0 aromatic heterocycles. The fourth-order valence-corrected chi connectivity index (χ4v) is 3.66. The molecule has 0 bridgehead atoms. The summed E-state index contributed by atoms with van der Waals surface area (Å²) in [5.41, 5.74) is 1.19. The molecule has 3 rings (SSSR count). The van der Waals surface area contributed by atoms with Crippen molar-refractivity contribution in [1.82, 2.24) is 10.2 Å². The summed E-state index contributed by atoms with van der Waals surface area (Å²) in [5, 5.41) is 17.5. The number of amides is 1. The molecule has 2 N–H and O–H groups in total. The van der Waals surface area contributed by atoms with Gasteiger partial charge in [0.1, 0.15) is 5.69 Å². The van der Waals surface area contributed by atoms with Gasteiger partial charge in [-0.2, -0.15) is 0 Å². The minimum Gasteiger partial charge on any atom is -0.373 e. The number of nitro groups is 1. The maximum atomic E-state index is 12.6. The summed E-state index contributed by atoms with van der Waals surface area (Å²) in [6, 6.07) is 13.8. The van der Waals surface area contributed by atoms with Gasteiger partial charge in [0, 0.05) is 43.0 Å². The van der Waals surface area contributed by atoms with Crippen molar-refractivity contribution >= 4 is 23.0 Å². The van der Waals surface area contributed by atoms with Gasteiger partial charge in [-0.05, 0) is 45.0 Å². The van der Waals surface area contributed by atoms with E-state index in [1.807, 2.05) is 44.2 Å². The van der Waals surface area contributed by atoms with Gasteiger partial charge < -0.3 is 15.4 Å². The number of rotatable bonds is 7. The summed E-state index contributed by atoms with van der Waals surface area (Å²) in [5.74, 6) is -0.328. The van der Waals surface area contributed by atoms with Crippen LogP contribution >= 0.6 is 0 Å². The molecule has 1 saturated heterocycles. The van der Waals surface area contributed by atoms with E-state index in [2.05, 4.69) is 22.5 Å². The van der Waals surface area contributed by atoms with Crippen molar-refractivity contribution in [3.8, 4) is 0 Å². The highest BCUT2D eigenvalue weighted by Crippen LogP contribution is 2.28. The van der Waals surface area contributed by atoms with Gasteiger partial charge in [0.25, 0.3) is 11.6 Å². The van der Waals surface area contributed by atoms with Gasteiger partial charge in [-0.1, -0.05) is 18.2 Å². The number of ether oxygens (including phenoxy) is 1. The molecule has 0 saturated carbocycles. The van der Waals surface area contributed by atoms with Crippen molar-refractivity contribution in [3.05, 3.63) is 64.2 Å². The van der Waals surface area contributed by atoms with Crippen LogP contribution in [-0.4, -0.2) is 53.6 Å². The third-order valence-corrected chi connectivity index (χ3v) is 5.14. The lowest BCUT2D eigenvalue weighted by atomic mass is 10.1. The number of nitro benzene ring substituents is 1. The fourth-order valence-electron chi connectivity index (χ4n) is 3.66. The molecule has 0 radical (unpaired) electrons. The first-order valence-corrected chi connectivity index (χ1v) is 10.1. The Kier molecular flexibility index (Phi) is 7.02. The lowest BCUT2D eigenvalue weighted by Gasteiger charge is -2.39. The molecule has 3 atom stereocenters. The van der Waals surface area contributed by atoms with Crippen LogP contribution in [0.1, 0.15) is 31.1 Å². The highest BCUT2D eigenvalue weighted by atomic mass is 16.6. The maximum absolute atomic E-state index is 12.6. The van der Waals surface area contributed by atoms with Crippen molar-refractivity contribution < 1.29 is 14.5 Å². The number of hydrogen-bond donors (Lipinski definition) is 2. The molecule has 30 heavy (non-hydrogen) atoms. The van der Waals surface area contributed by atoms with E-state index in [0.29, 0.717) is 12.2 Å². The van der Waals surface area contributed by atoms with Gasteiger partial charge in [-0.25, -0.2) is 0 Å². The molecule has 2 aromatic carbocycles. The Labute approximate surface area is 176 Å². The second-order valence-electron chi connectivity index (χ2n) is 7.75. The van der Waals surface area contributed by atoms with E-state index >= 15 is 0 Å². The zero-order valence-corrected chi connectivity index (χ0v) is 17.5. The van der Waals surface area contributed by atoms with Gasteiger partial charge >= 0.3 is 0 Å². The zero-order valence-electron chi connectivity index (χ0n) is 17.5. The van der Waals surface area contributed by atoms with Gasteiger partial charge in [-0.15, -0.1) is 0 Å². The van der Waals surface area contributed by atoms with Crippen molar-refractivity contribution in [1.29, 1.82) is 0 Å². The monoisotopic (exact) mass is 412 g/mol. The van der Waals surface area contributed by atoms with E-state index in [0.717, 1.165) is 18.8 Å². The number of benzene rings is 2. The standard InChI is InChI=1S/C22H28N4O4/c1-15(25-13-16(2)30-17(3)14-25)12-23-22(27)18-9-10-20(21(11-18)26(28)29)24-19-7-5-4-6-8-19/h4-11,15-17,24H,12-14H2,1-3H3,(H,23,27)/t15-,16-,17+/m0/s1. The smallest absolute Gasteiger partial charge is 0.293 e. The number of carbonyl (C=O) groups is 1. The minimum absolute atomic E-state index is 0.136. The van der Waals surface area contributed by atoms with E-state index in [9.17, 15) is 14.9 Å². The second-order valence-corrected chi connectivity index (χ2v) is 7.75. The molecule has 1 aliphatic heterocycles. The molecule has 1 amide bonds. The molecule has 8 heteroatoms. The van der Waals surface area contributed by atoms with E-state index in [1.165, 1.54) is 6.07 Å². The number of nitrogens with zero attached hydrogens (tertiary/aromatic N) is 2. The highest BCUT2D eigenvalue weighted by molar-refractivity contribution is 5.96. The van der Waals surface area contributed by atoms with Crippen LogP contribution in [0.3, 0.4) is 0 Å². The highest BCUT2D eigenvalue weighted by Gasteiger charge is 2.26. The maximum Gasteiger partial charge on any atom is 0.293 e. The average Bonchev–Trinajstić information content (AvgIpc) is 2.72. The molecular formula is C22H28N4O4. The normalized spacial score (nSPS) is 20.4. The van der Waals surface area contributed by atoms with Crippen molar-refractivity contribution in [3.63, 3.8) is 0 Å². The van der Waals surface area contributed by atoms with Crippen LogP contribution in [0.5, 0.6) is 0 Å². The molecule has 8 nitrogen and oxygen atoms in total. The van der Waals surface area contributed by atoms with Crippen molar-refractivity contribution in [2.75, 3.05) is 25.0 Å². The molecule has 0 aliphatic carbocycles. The van der Waals surface area contributed by atoms with Crippen LogP contribution in [0, 0.1) is 10.1 Å². The molecule has 0 spiro atoms. The van der Waals surface area contributed by atoms with E-state index < -0.39 is 4.92 Å². The third kappa shape index (κ3) is 5.55. The molecule has 0 unspecified atom stereocenters. The Bertz CT molecular complexity index is 880. The number of hydrogen-bond acceptors (Lipinski definition) is 6. The first kappa shape index (κ1) is 21.7. The van der Waals surface area contributed by atoms with E-state index in [1.54, 1.807) is 12.1 Å². The average molecular weight is 412 g/mol. The summed E-state index contributed by atoms with van der Waals surface area (Å²) >= 11 is 0. The Morgan fingerprint density at radius 1 is 1.20 bits per heavy atom. The summed E-state index contributed by atoms with van der Waals surface area (Å²) < 4.78 is 5.75. The summed E-state index contributed by atoms with van der Waals surface area (Å²) in [6.07, 6.45) is 0.304. The van der Waals surface area contributed by atoms with Crippen molar-refractivity contribution in [2.45, 2.75) is 39.0 Å². The Morgan fingerprint density at radius 3 is 2.50 bits per heavy atom. The molecule has 1 heterocycles. The first-order valence-electron chi connectivity index (χ1n) is 10.1. The molecule has 160 valence electrons. The number of nitrogens with one attached hydrogen (secondary N) is 2. The van der Waals surface area contributed by atoms with E-state index in [-0.39, 0.29) is 35.4 Å². The van der Waals surface area contributed by atoms with Gasteiger partial charge in [0.15, 0.2) is 0 Å². The summed E-state index contributed by atoms with van der Waals surface area (Å²) in [6.45, 7) is 8.21. The summed E-state index contributed by atoms with van der Waals surface area (Å²) in [4.78, 5) is 25.9. The third-order valence-electron chi connectivity index (χ3n) is 5.14. The number of anilines is 2. The molecule has 2 aromatic rings. The number of morpholine rings is 1. The zero-order chi connectivity index (χ0) is 21.7. The predicted octanol–water partition coefficient (Wildman–Crippen LogP) is 3.57. The molecular weight excluding hydrogens is 384 g/mol. The summed E-state index contributed by atoms with van der Waals surface area (Å²) in [7, 11) is 0. The lowest BCUT2D eigenvalue weighted by Crippen LogP contribution is -2.52. The van der Waals surface area contributed by atoms with Crippen LogP contribution in [0.4, 0.5) is 17.1 Å². The van der Waals surface area contributed by atoms with Crippen LogP contribution < -0.4 is 10.6 Å². The Hall–Kier alpha value is -2.97. The second kappa shape index (κ2) is 9.69. The topological polar surface area (TPSA) is 96.7 Å². The van der Waals surface area contributed by atoms with Crippen LogP contribution in [-0.2, 0) is 4.74 Å². The van der Waals surface area contributed by atoms with Crippen LogP contribution in [0.15, 0.2) is 48.5 Å². The largest absolute Gasteiger partial charge is 0.373 e. The lowest BCUT2D eigenvalue weighted by molar-refractivity contribution is -0.383. The van der Waals surface area contributed by atoms with Crippen molar-refractivity contribution in [2.24, 2.45) is 0 Å². The van der Waals surface area contributed by atoms with Gasteiger partial charge in [-0.3, -0.25) is 19.8 Å². The fraction of sp³-hybridized carbons (Fsp3) is 0.409. The van der Waals surface area contributed by atoms with Crippen LogP contribution in [0.2, 0.25) is 0 Å². The Balaban J connectivity index is 1.65. The predicted molar refractivity (Wildman–Crippen MR) is 116 cm³/mol. The Morgan fingerprint density at radius 2 is 1.87 bits per heavy atom. The number of para-hydroxylation sites is 1. The number of carbonyl (C=O) groups excluding carboxylic acids is 1. The van der Waals surface area contributed by atoms with Crippen LogP contribution in [0.25, 0.3) is 0 Å². The molecule has 1 aliphatic rings.